The zero-order valence-corrected chi connectivity index (χ0v) is 20.6. The van der Waals surface area contributed by atoms with Crippen molar-refractivity contribution >= 4 is 46.6 Å². The summed E-state index contributed by atoms with van der Waals surface area (Å²) in [6.45, 7) is 1.51. The lowest BCUT2D eigenvalue weighted by Crippen LogP contribution is -2.27. The Hall–Kier alpha value is -2.19. The molecule has 0 unspecified atom stereocenters. The molecule has 0 aliphatic rings. The van der Waals surface area contributed by atoms with Gasteiger partial charge in [0, 0.05) is 13.1 Å². The Kier molecular flexibility index (Phi) is 10.0. The summed E-state index contributed by atoms with van der Waals surface area (Å²) in [5, 5.41) is 0.975. The van der Waals surface area contributed by atoms with Gasteiger partial charge in [-0.1, -0.05) is 54.2 Å². The van der Waals surface area contributed by atoms with Gasteiger partial charge in [-0.25, -0.2) is 4.99 Å². The number of nitrogens with zero attached hydrogens (tertiary/aromatic N) is 2. The number of rotatable bonds is 7. The van der Waals surface area contributed by atoms with E-state index in [-0.39, 0.29) is 24.0 Å². The molecule has 0 N–H and O–H groups in total. The van der Waals surface area contributed by atoms with E-state index in [9.17, 15) is 0 Å². The third kappa shape index (κ3) is 6.95. The first-order chi connectivity index (χ1) is 14.2. The van der Waals surface area contributed by atoms with E-state index in [4.69, 9.17) is 14.5 Å². The van der Waals surface area contributed by atoms with Crippen molar-refractivity contribution in [2.24, 2.45) is 4.99 Å². The summed E-state index contributed by atoms with van der Waals surface area (Å²) < 4.78 is 10.6. The van der Waals surface area contributed by atoms with Crippen LogP contribution >= 0.6 is 35.7 Å². The Morgan fingerprint density at radius 3 is 1.63 bits per heavy atom. The molecular formula is C24H27IN2O2S. The summed E-state index contributed by atoms with van der Waals surface area (Å²) >= 11 is 1.65. The largest absolute Gasteiger partial charge is 0.497 e. The highest BCUT2D eigenvalue weighted by atomic mass is 127. The topological polar surface area (TPSA) is 34.1 Å². The lowest BCUT2D eigenvalue weighted by Gasteiger charge is -2.25. The molecule has 0 spiro atoms. The molecule has 0 aliphatic heterocycles. The Morgan fingerprint density at radius 2 is 1.23 bits per heavy atom. The number of amidine groups is 1. The maximum Gasteiger partial charge on any atom is 0.164 e. The fraction of sp³-hybridized carbons (Fsp3) is 0.208. The highest BCUT2D eigenvalue weighted by Gasteiger charge is 2.13. The normalized spacial score (nSPS) is 10.8. The minimum absolute atomic E-state index is 0. The third-order valence-electron chi connectivity index (χ3n) is 4.50. The second-order valence-electron chi connectivity index (χ2n) is 6.49. The number of ether oxygens (including phenoxy) is 2. The van der Waals surface area contributed by atoms with Gasteiger partial charge in [0.1, 0.15) is 11.5 Å². The van der Waals surface area contributed by atoms with Gasteiger partial charge in [0.15, 0.2) is 5.17 Å². The highest BCUT2D eigenvalue weighted by molar-refractivity contribution is 14.0. The zero-order valence-electron chi connectivity index (χ0n) is 17.4. The molecule has 158 valence electrons. The molecule has 6 heteroatoms. The number of halogens is 1. The molecule has 0 aliphatic carbocycles. The van der Waals surface area contributed by atoms with Crippen molar-refractivity contribution in [3.05, 3.63) is 90.0 Å². The molecule has 0 saturated heterocycles. The minimum atomic E-state index is 0. The number of hydrogen-bond acceptors (Lipinski definition) is 4. The number of para-hydroxylation sites is 1. The van der Waals surface area contributed by atoms with Gasteiger partial charge in [-0.3, -0.25) is 0 Å². The molecule has 4 nitrogen and oxygen atoms in total. The molecule has 0 fully saturated rings. The molecule has 0 bridgehead atoms. The Bertz CT molecular complexity index is 867. The van der Waals surface area contributed by atoms with Gasteiger partial charge in [0.05, 0.1) is 19.9 Å². The summed E-state index contributed by atoms with van der Waals surface area (Å²) in [6.07, 6.45) is 2.07. The van der Waals surface area contributed by atoms with Gasteiger partial charge < -0.3 is 14.4 Å². The van der Waals surface area contributed by atoms with Crippen LogP contribution in [0.2, 0.25) is 0 Å². The SMILES string of the molecule is COc1ccc(CN(Cc2ccc(OC)cc2)C(=Nc2ccccc2)SC)cc1.I. The van der Waals surface area contributed by atoms with Crippen LogP contribution in [0.15, 0.2) is 83.9 Å². The van der Waals surface area contributed by atoms with Crippen LogP contribution in [-0.4, -0.2) is 30.5 Å². The number of hydrogen-bond donors (Lipinski definition) is 0. The van der Waals surface area contributed by atoms with Crippen molar-refractivity contribution in [3.8, 4) is 11.5 Å². The second kappa shape index (κ2) is 12.5. The monoisotopic (exact) mass is 534 g/mol. The molecule has 30 heavy (non-hydrogen) atoms. The first-order valence-corrected chi connectivity index (χ1v) is 10.6. The van der Waals surface area contributed by atoms with Crippen molar-refractivity contribution < 1.29 is 9.47 Å². The maximum absolute atomic E-state index is 5.29. The lowest BCUT2D eigenvalue weighted by molar-refractivity contribution is 0.405. The predicted octanol–water partition coefficient (Wildman–Crippen LogP) is 6.37. The Morgan fingerprint density at radius 1 is 0.767 bits per heavy atom. The average Bonchev–Trinajstić information content (AvgIpc) is 2.78. The first kappa shape index (κ1) is 24.1. The molecule has 0 saturated carbocycles. The molecule has 3 rings (SSSR count). The van der Waals surface area contributed by atoms with Gasteiger partial charge in [-0.2, -0.15) is 0 Å². The number of methoxy groups -OCH3 is 2. The maximum atomic E-state index is 5.29. The summed E-state index contributed by atoms with van der Waals surface area (Å²) in [6, 6.07) is 26.4. The summed E-state index contributed by atoms with van der Waals surface area (Å²) in [4.78, 5) is 7.19. The zero-order chi connectivity index (χ0) is 20.5. The van der Waals surface area contributed by atoms with E-state index >= 15 is 0 Å². The van der Waals surface area contributed by atoms with E-state index in [1.165, 1.54) is 11.1 Å². The molecule has 0 amide bonds. The van der Waals surface area contributed by atoms with E-state index in [1.54, 1.807) is 26.0 Å². The van der Waals surface area contributed by atoms with Crippen LogP contribution in [0.5, 0.6) is 11.5 Å². The molecule has 0 atom stereocenters. The van der Waals surface area contributed by atoms with E-state index in [1.807, 2.05) is 54.6 Å². The molecule has 0 radical (unpaired) electrons. The van der Waals surface area contributed by atoms with Crippen LogP contribution in [0.4, 0.5) is 5.69 Å². The smallest absolute Gasteiger partial charge is 0.164 e. The van der Waals surface area contributed by atoms with Crippen LogP contribution in [-0.2, 0) is 13.1 Å². The number of thioether (sulfide) groups is 1. The van der Waals surface area contributed by atoms with Crippen molar-refractivity contribution in [2.45, 2.75) is 13.1 Å². The molecule has 0 aromatic heterocycles. The van der Waals surface area contributed by atoms with Gasteiger partial charge in [0.25, 0.3) is 0 Å². The molecule has 3 aromatic rings. The first-order valence-electron chi connectivity index (χ1n) is 9.40. The van der Waals surface area contributed by atoms with Crippen LogP contribution in [0.1, 0.15) is 11.1 Å². The molecule has 3 aromatic carbocycles. The van der Waals surface area contributed by atoms with E-state index < -0.39 is 0 Å². The summed E-state index contributed by atoms with van der Waals surface area (Å²) in [5.41, 5.74) is 3.36. The van der Waals surface area contributed by atoms with Crippen molar-refractivity contribution in [1.29, 1.82) is 0 Å². The van der Waals surface area contributed by atoms with Crippen molar-refractivity contribution in [2.75, 3.05) is 20.5 Å². The van der Waals surface area contributed by atoms with E-state index in [0.717, 1.165) is 35.4 Å². The summed E-state index contributed by atoms with van der Waals surface area (Å²) in [5.74, 6) is 1.72. The van der Waals surface area contributed by atoms with E-state index in [2.05, 4.69) is 35.4 Å². The number of aliphatic imine (C=N–C) groups is 1. The summed E-state index contributed by atoms with van der Waals surface area (Å²) in [7, 11) is 3.37. The molecular weight excluding hydrogens is 507 g/mol. The van der Waals surface area contributed by atoms with Gasteiger partial charge in [0.2, 0.25) is 0 Å². The minimum Gasteiger partial charge on any atom is -0.497 e. The second-order valence-corrected chi connectivity index (χ2v) is 7.26. The average molecular weight is 534 g/mol. The van der Waals surface area contributed by atoms with Gasteiger partial charge in [-0.05, 0) is 53.8 Å². The van der Waals surface area contributed by atoms with Crippen LogP contribution < -0.4 is 9.47 Å². The van der Waals surface area contributed by atoms with Crippen LogP contribution in [0, 0.1) is 0 Å². The Balaban J connectivity index is 0.00000320. The number of benzene rings is 3. The third-order valence-corrected chi connectivity index (χ3v) is 5.21. The molecule has 0 heterocycles. The van der Waals surface area contributed by atoms with Crippen molar-refractivity contribution in [1.82, 2.24) is 4.90 Å². The highest BCUT2D eigenvalue weighted by Crippen LogP contribution is 2.22. The standard InChI is InChI=1S/C24H26N2O2S.HI/c1-27-22-13-9-19(10-14-22)17-26(18-20-11-15-23(28-2)16-12-20)24(29-3)25-21-7-5-4-6-8-21;/h4-16H,17-18H2,1-3H3;1H. The quantitative estimate of drug-likeness (QED) is 0.200. The lowest BCUT2D eigenvalue weighted by atomic mass is 10.1. The van der Waals surface area contributed by atoms with Crippen LogP contribution in [0.3, 0.4) is 0 Å². The predicted molar refractivity (Wildman–Crippen MR) is 138 cm³/mol. The van der Waals surface area contributed by atoms with Gasteiger partial charge in [-0.15, -0.1) is 24.0 Å². The fourth-order valence-electron chi connectivity index (χ4n) is 2.95. The van der Waals surface area contributed by atoms with Crippen LogP contribution in [0.25, 0.3) is 0 Å². The van der Waals surface area contributed by atoms with Gasteiger partial charge >= 0.3 is 0 Å². The van der Waals surface area contributed by atoms with Crippen molar-refractivity contribution in [3.63, 3.8) is 0 Å². The van der Waals surface area contributed by atoms with E-state index in [0.29, 0.717) is 0 Å². The Labute approximate surface area is 200 Å². The fourth-order valence-corrected chi connectivity index (χ4v) is 3.54.